The fourth-order valence-electron chi connectivity index (χ4n) is 1.99. The molecule has 0 spiro atoms. The number of benzene rings is 2. The fourth-order valence-corrected chi connectivity index (χ4v) is 3.40. The first kappa shape index (κ1) is 14.6. The van der Waals surface area contributed by atoms with Crippen LogP contribution in [0.4, 0.5) is 0 Å². The van der Waals surface area contributed by atoms with Gasteiger partial charge in [0.05, 0.1) is 14.3 Å². The molecule has 3 nitrogen and oxygen atoms in total. The minimum Gasteiger partial charge on any atom is -0.506 e. The van der Waals surface area contributed by atoms with Crippen LogP contribution in [-0.4, -0.2) is 5.11 Å². The molecule has 0 radical (unpaired) electrons. The first-order valence-corrected chi connectivity index (χ1v) is 7.84. The Morgan fingerprint density at radius 1 is 1.10 bits per heavy atom. The Morgan fingerprint density at radius 2 is 1.76 bits per heavy atom. The minimum absolute atomic E-state index is 0.0333. The van der Waals surface area contributed by atoms with E-state index in [9.17, 15) is 9.90 Å². The lowest BCUT2D eigenvalue weighted by Gasteiger charge is -2.07. The molecular weight excluding hydrogens is 423 g/mol. The molecule has 1 N–H and O–H groups in total. The summed E-state index contributed by atoms with van der Waals surface area (Å²) in [6.07, 6.45) is 0. The van der Waals surface area contributed by atoms with Crippen molar-refractivity contribution in [2.24, 2.45) is 0 Å². The molecule has 0 aliphatic carbocycles. The maximum atomic E-state index is 12.3. The zero-order valence-corrected chi connectivity index (χ0v) is 14.3. The van der Waals surface area contributed by atoms with Gasteiger partial charge < -0.3 is 9.52 Å². The molecule has 0 bridgehead atoms. The average molecular weight is 430 g/mol. The predicted molar refractivity (Wildman–Crippen MR) is 90.0 cm³/mol. The number of aromatic hydroxyl groups is 1. The van der Waals surface area contributed by atoms with Crippen molar-refractivity contribution in [2.45, 2.75) is 0 Å². The highest BCUT2D eigenvalue weighted by Crippen LogP contribution is 2.38. The van der Waals surface area contributed by atoms with Crippen LogP contribution < -0.4 is 5.43 Å². The van der Waals surface area contributed by atoms with E-state index in [0.29, 0.717) is 30.7 Å². The lowest BCUT2D eigenvalue weighted by molar-refractivity contribution is 0.469. The summed E-state index contributed by atoms with van der Waals surface area (Å²) in [5.74, 6) is 0.405. The number of phenols is 1. The Bertz CT molecular complexity index is 901. The maximum Gasteiger partial charge on any atom is 0.194 e. The van der Waals surface area contributed by atoms with Gasteiger partial charge in [-0.05, 0) is 62.2 Å². The summed E-state index contributed by atoms with van der Waals surface area (Å²) >= 11 is 12.3. The van der Waals surface area contributed by atoms with Crippen molar-refractivity contribution in [1.82, 2.24) is 0 Å². The Hall–Kier alpha value is -1.30. The Kier molecular flexibility index (Phi) is 3.82. The van der Waals surface area contributed by atoms with Crippen LogP contribution in [0, 0.1) is 0 Å². The van der Waals surface area contributed by atoms with Gasteiger partial charge in [-0.15, -0.1) is 0 Å². The van der Waals surface area contributed by atoms with Crippen molar-refractivity contribution in [1.29, 1.82) is 0 Å². The van der Waals surface area contributed by atoms with Crippen LogP contribution in [0.5, 0.6) is 5.75 Å². The van der Waals surface area contributed by atoms with E-state index in [2.05, 4.69) is 31.9 Å². The second-order valence-corrected chi connectivity index (χ2v) is 6.46. The lowest BCUT2D eigenvalue weighted by atomic mass is 10.1. The zero-order valence-electron chi connectivity index (χ0n) is 10.4. The molecule has 1 heterocycles. The number of phenolic OH excluding ortho intramolecular Hbond substituents is 1. The first-order chi connectivity index (χ1) is 9.97. The Labute approximate surface area is 141 Å². The molecule has 106 valence electrons. The van der Waals surface area contributed by atoms with Gasteiger partial charge in [0.15, 0.2) is 5.43 Å². The van der Waals surface area contributed by atoms with Gasteiger partial charge >= 0.3 is 0 Å². The molecule has 2 aromatic carbocycles. The van der Waals surface area contributed by atoms with Gasteiger partial charge in [-0.25, -0.2) is 0 Å². The molecule has 0 unspecified atom stereocenters. The first-order valence-electron chi connectivity index (χ1n) is 5.88. The summed E-state index contributed by atoms with van der Waals surface area (Å²) in [4.78, 5) is 12.3. The quantitative estimate of drug-likeness (QED) is 0.567. The Balaban J connectivity index is 2.31. The standard InChI is InChI=1S/C15H7Br2ClO3/c16-9-5-12-13(14(17)15(9)20)10(19)6-11(21-12)7-1-3-8(18)4-2-7/h1-6,20H. The van der Waals surface area contributed by atoms with Crippen molar-refractivity contribution >= 4 is 54.4 Å². The normalized spacial score (nSPS) is 11.0. The van der Waals surface area contributed by atoms with Crippen LogP contribution >= 0.6 is 43.5 Å². The third-order valence-corrected chi connectivity index (χ3v) is 4.64. The van der Waals surface area contributed by atoms with Crippen LogP contribution in [0.25, 0.3) is 22.3 Å². The van der Waals surface area contributed by atoms with E-state index in [1.807, 2.05) is 0 Å². The van der Waals surface area contributed by atoms with Crippen molar-refractivity contribution in [3.8, 4) is 17.1 Å². The molecule has 0 aliphatic rings. The fraction of sp³-hybridized carbons (Fsp3) is 0. The predicted octanol–water partition coefficient (Wildman–Crippen LogP) is 5.34. The van der Waals surface area contributed by atoms with Gasteiger partial charge in [-0.3, -0.25) is 4.79 Å². The van der Waals surface area contributed by atoms with E-state index in [0.717, 1.165) is 5.56 Å². The van der Waals surface area contributed by atoms with Crippen LogP contribution in [-0.2, 0) is 0 Å². The van der Waals surface area contributed by atoms with E-state index in [1.165, 1.54) is 6.07 Å². The van der Waals surface area contributed by atoms with E-state index in [-0.39, 0.29) is 11.2 Å². The highest BCUT2D eigenvalue weighted by molar-refractivity contribution is 9.11. The van der Waals surface area contributed by atoms with Crippen molar-refractivity contribution in [3.05, 3.63) is 60.6 Å². The summed E-state index contributed by atoms with van der Waals surface area (Å²) in [5, 5.41) is 10.8. The van der Waals surface area contributed by atoms with E-state index >= 15 is 0 Å². The molecule has 3 aromatic rings. The van der Waals surface area contributed by atoms with Crippen LogP contribution in [0.1, 0.15) is 0 Å². The highest BCUT2D eigenvalue weighted by atomic mass is 79.9. The summed E-state index contributed by atoms with van der Waals surface area (Å²) < 4.78 is 6.52. The number of fused-ring (bicyclic) bond motifs is 1. The van der Waals surface area contributed by atoms with Gasteiger partial charge in [-0.2, -0.15) is 0 Å². The van der Waals surface area contributed by atoms with Crippen LogP contribution in [0.3, 0.4) is 0 Å². The van der Waals surface area contributed by atoms with Crippen LogP contribution in [0.15, 0.2) is 54.6 Å². The van der Waals surface area contributed by atoms with Gasteiger partial charge in [0, 0.05) is 16.7 Å². The number of halogens is 3. The smallest absolute Gasteiger partial charge is 0.194 e. The maximum absolute atomic E-state index is 12.3. The second-order valence-electron chi connectivity index (χ2n) is 4.38. The van der Waals surface area contributed by atoms with E-state index in [1.54, 1.807) is 30.3 Å². The SMILES string of the molecule is O=c1cc(-c2ccc(Cl)cc2)oc2cc(Br)c(O)c(Br)c12. The van der Waals surface area contributed by atoms with Gasteiger partial charge in [0.1, 0.15) is 17.1 Å². The average Bonchev–Trinajstić information content (AvgIpc) is 2.45. The molecule has 3 rings (SSSR count). The van der Waals surface area contributed by atoms with E-state index < -0.39 is 0 Å². The van der Waals surface area contributed by atoms with Gasteiger partial charge in [0.2, 0.25) is 0 Å². The molecule has 0 saturated carbocycles. The molecule has 0 aliphatic heterocycles. The summed E-state index contributed by atoms with van der Waals surface area (Å²) in [6, 6.07) is 9.96. The number of rotatable bonds is 1. The van der Waals surface area contributed by atoms with Crippen molar-refractivity contribution in [3.63, 3.8) is 0 Å². The van der Waals surface area contributed by atoms with Crippen molar-refractivity contribution in [2.75, 3.05) is 0 Å². The number of hydrogen-bond donors (Lipinski definition) is 1. The molecule has 0 amide bonds. The summed E-state index contributed by atoms with van der Waals surface area (Å²) in [6.45, 7) is 0. The summed E-state index contributed by atoms with van der Waals surface area (Å²) in [5.41, 5.74) is 0.888. The summed E-state index contributed by atoms with van der Waals surface area (Å²) in [7, 11) is 0. The van der Waals surface area contributed by atoms with Gasteiger partial charge in [-0.1, -0.05) is 11.6 Å². The topological polar surface area (TPSA) is 50.4 Å². The van der Waals surface area contributed by atoms with Crippen LogP contribution in [0.2, 0.25) is 5.02 Å². The largest absolute Gasteiger partial charge is 0.506 e. The molecule has 6 heteroatoms. The highest BCUT2D eigenvalue weighted by Gasteiger charge is 2.15. The Morgan fingerprint density at radius 3 is 2.43 bits per heavy atom. The molecule has 0 saturated heterocycles. The molecule has 21 heavy (non-hydrogen) atoms. The number of hydrogen-bond acceptors (Lipinski definition) is 3. The third-order valence-electron chi connectivity index (χ3n) is 3.02. The zero-order chi connectivity index (χ0) is 15.1. The minimum atomic E-state index is -0.240. The second kappa shape index (κ2) is 5.48. The molecule has 0 fully saturated rings. The molecular formula is C15H7Br2ClO3. The molecule has 0 atom stereocenters. The molecule has 1 aromatic heterocycles. The lowest BCUT2D eigenvalue weighted by Crippen LogP contribution is -2.01. The van der Waals surface area contributed by atoms with Crippen molar-refractivity contribution < 1.29 is 9.52 Å². The van der Waals surface area contributed by atoms with E-state index in [4.69, 9.17) is 16.0 Å². The third kappa shape index (κ3) is 2.61. The van der Waals surface area contributed by atoms with Gasteiger partial charge in [0.25, 0.3) is 0 Å². The monoisotopic (exact) mass is 428 g/mol.